The topological polar surface area (TPSA) is 76.1 Å². The van der Waals surface area contributed by atoms with Crippen molar-refractivity contribution in [3.8, 4) is 5.75 Å². The van der Waals surface area contributed by atoms with Crippen LogP contribution in [-0.2, 0) is 14.3 Å². The van der Waals surface area contributed by atoms with E-state index in [9.17, 15) is 14.7 Å². The van der Waals surface area contributed by atoms with Gasteiger partial charge in [-0.1, -0.05) is 42.0 Å². The molecule has 0 bridgehead atoms. The molecule has 2 aromatic rings. The van der Waals surface area contributed by atoms with Crippen LogP contribution in [0, 0.1) is 6.92 Å². The van der Waals surface area contributed by atoms with E-state index in [2.05, 4.69) is 0 Å². The van der Waals surface area contributed by atoms with Crippen LogP contribution in [0.1, 0.15) is 36.1 Å². The summed E-state index contributed by atoms with van der Waals surface area (Å²) in [5, 5.41) is 11.0. The summed E-state index contributed by atoms with van der Waals surface area (Å²) in [4.78, 5) is 27.3. The lowest BCUT2D eigenvalue weighted by molar-refractivity contribution is -0.140. The first-order chi connectivity index (χ1) is 14.5. The number of carbonyl (C=O) groups excluding carboxylic acids is 2. The maximum absolute atomic E-state index is 13.0. The molecule has 6 heteroatoms. The second-order valence-electron chi connectivity index (χ2n) is 7.21. The van der Waals surface area contributed by atoms with E-state index < -0.39 is 17.7 Å². The largest absolute Gasteiger partial charge is 0.507 e. The molecule has 1 fully saturated rings. The molecule has 158 valence electrons. The Kier molecular flexibility index (Phi) is 6.90. The molecular weight excluding hydrogens is 382 g/mol. The minimum absolute atomic E-state index is 0.0925. The van der Waals surface area contributed by atoms with Crippen molar-refractivity contribution >= 4 is 17.4 Å². The van der Waals surface area contributed by atoms with E-state index in [0.717, 1.165) is 5.56 Å². The number of ketones is 1. The summed E-state index contributed by atoms with van der Waals surface area (Å²) in [6.45, 7) is 5.14. The van der Waals surface area contributed by atoms with Gasteiger partial charge in [0.15, 0.2) is 0 Å². The Morgan fingerprint density at radius 1 is 1.13 bits per heavy atom. The van der Waals surface area contributed by atoms with Gasteiger partial charge in [0.05, 0.1) is 18.2 Å². The number of methoxy groups -OCH3 is 1. The summed E-state index contributed by atoms with van der Waals surface area (Å²) in [7, 11) is 1.59. The van der Waals surface area contributed by atoms with Gasteiger partial charge in [-0.25, -0.2) is 0 Å². The predicted molar refractivity (Wildman–Crippen MR) is 114 cm³/mol. The predicted octanol–water partition coefficient (Wildman–Crippen LogP) is 3.85. The Balaban J connectivity index is 2.11. The Morgan fingerprint density at radius 3 is 2.53 bits per heavy atom. The van der Waals surface area contributed by atoms with E-state index in [1.54, 1.807) is 19.2 Å². The molecule has 1 aliphatic heterocycles. The lowest BCUT2D eigenvalue weighted by Crippen LogP contribution is -2.31. The number of benzene rings is 2. The lowest BCUT2D eigenvalue weighted by atomic mass is 9.95. The van der Waals surface area contributed by atoms with Crippen LogP contribution in [0.3, 0.4) is 0 Å². The quantitative estimate of drug-likeness (QED) is 0.310. The molecule has 1 heterocycles. The van der Waals surface area contributed by atoms with Gasteiger partial charge in [0.25, 0.3) is 11.7 Å². The molecule has 1 atom stereocenters. The molecule has 1 saturated heterocycles. The molecule has 0 saturated carbocycles. The SMILES string of the molecule is CCOc1cccc(C2/C(=C(\O)c3ccc(C)cc3)C(=O)C(=O)N2CCCOC)c1. The number of carbonyl (C=O) groups is 2. The number of aliphatic hydroxyl groups excluding tert-OH is 1. The monoisotopic (exact) mass is 409 g/mol. The summed E-state index contributed by atoms with van der Waals surface area (Å²) in [6, 6.07) is 13.8. The second kappa shape index (κ2) is 9.59. The van der Waals surface area contributed by atoms with Crippen LogP contribution in [0.25, 0.3) is 5.76 Å². The molecule has 1 unspecified atom stereocenters. The summed E-state index contributed by atoms with van der Waals surface area (Å²) in [5.41, 5.74) is 2.34. The Hall–Kier alpha value is -3.12. The number of amides is 1. The zero-order valence-corrected chi connectivity index (χ0v) is 17.6. The van der Waals surface area contributed by atoms with Crippen LogP contribution in [-0.4, -0.2) is 48.6 Å². The number of nitrogens with zero attached hydrogens (tertiary/aromatic N) is 1. The van der Waals surface area contributed by atoms with E-state index in [-0.39, 0.29) is 11.3 Å². The molecule has 0 spiro atoms. The van der Waals surface area contributed by atoms with Crippen molar-refractivity contribution in [3.63, 3.8) is 0 Å². The number of rotatable bonds is 8. The average molecular weight is 409 g/mol. The van der Waals surface area contributed by atoms with Gasteiger partial charge < -0.3 is 19.5 Å². The minimum atomic E-state index is -0.691. The van der Waals surface area contributed by atoms with Crippen LogP contribution in [0.4, 0.5) is 0 Å². The van der Waals surface area contributed by atoms with Crippen molar-refractivity contribution in [1.82, 2.24) is 4.90 Å². The highest BCUT2D eigenvalue weighted by atomic mass is 16.5. The van der Waals surface area contributed by atoms with Crippen LogP contribution in [0.15, 0.2) is 54.1 Å². The van der Waals surface area contributed by atoms with E-state index >= 15 is 0 Å². The van der Waals surface area contributed by atoms with Crippen molar-refractivity contribution in [2.75, 3.05) is 26.9 Å². The number of Topliss-reactive ketones (excluding diaryl/α,β-unsaturated/α-hetero) is 1. The number of hydrogen-bond acceptors (Lipinski definition) is 5. The third-order valence-corrected chi connectivity index (χ3v) is 5.10. The van der Waals surface area contributed by atoms with Crippen molar-refractivity contribution in [2.24, 2.45) is 0 Å². The highest BCUT2D eigenvalue weighted by Gasteiger charge is 2.45. The number of hydrogen-bond donors (Lipinski definition) is 1. The molecule has 1 aliphatic rings. The van der Waals surface area contributed by atoms with Gasteiger partial charge in [-0.15, -0.1) is 0 Å². The number of likely N-dealkylation sites (tertiary alicyclic amines) is 1. The van der Waals surface area contributed by atoms with Gasteiger partial charge in [-0.2, -0.15) is 0 Å². The molecule has 0 radical (unpaired) electrons. The lowest BCUT2D eigenvalue weighted by Gasteiger charge is -2.25. The molecule has 30 heavy (non-hydrogen) atoms. The summed E-state index contributed by atoms with van der Waals surface area (Å²) >= 11 is 0. The smallest absolute Gasteiger partial charge is 0.295 e. The molecule has 6 nitrogen and oxygen atoms in total. The van der Waals surface area contributed by atoms with Gasteiger partial charge >= 0.3 is 0 Å². The zero-order chi connectivity index (χ0) is 21.7. The van der Waals surface area contributed by atoms with Gasteiger partial charge in [-0.05, 0) is 38.0 Å². The first-order valence-corrected chi connectivity index (χ1v) is 10.0. The Morgan fingerprint density at radius 2 is 1.87 bits per heavy atom. The van der Waals surface area contributed by atoms with Gasteiger partial charge in [-0.3, -0.25) is 9.59 Å². The van der Waals surface area contributed by atoms with Crippen molar-refractivity contribution in [1.29, 1.82) is 0 Å². The average Bonchev–Trinajstić information content (AvgIpc) is 2.99. The van der Waals surface area contributed by atoms with Crippen LogP contribution >= 0.6 is 0 Å². The van der Waals surface area contributed by atoms with Crippen LogP contribution in [0.5, 0.6) is 5.75 Å². The molecule has 0 aromatic heterocycles. The Labute approximate surface area is 176 Å². The molecule has 2 aromatic carbocycles. The number of aliphatic hydroxyl groups is 1. The summed E-state index contributed by atoms with van der Waals surface area (Å²) < 4.78 is 10.7. The zero-order valence-electron chi connectivity index (χ0n) is 17.6. The fourth-order valence-corrected chi connectivity index (χ4v) is 3.64. The van der Waals surface area contributed by atoms with Crippen molar-refractivity contribution in [3.05, 3.63) is 70.8 Å². The molecular formula is C24H27NO5. The minimum Gasteiger partial charge on any atom is -0.507 e. The van der Waals surface area contributed by atoms with E-state index in [1.807, 2.05) is 50.2 Å². The third-order valence-electron chi connectivity index (χ3n) is 5.10. The van der Waals surface area contributed by atoms with Crippen molar-refractivity contribution in [2.45, 2.75) is 26.3 Å². The third kappa shape index (κ3) is 4.39. The number of ether oxygens (including phenoxy) is 2. The molecule has 3 rings (SSSR count). The molecule has 0 aliphatic carbocycles. The Bertz CT molecular complexity index is 948. The maximum atomic E-state index is 13.0. The first-order valence-electron chi connectivity index (χ1n) is 10.0. The first kappa shape index (κ1) is 21.6. The van der Waals surface area contributed by atoms with E-state index in [0.29, 0.717) is 43.1 Å². The van der Waals surface area contributed by atoms with Crippen LogP contribution < -0.4 is 4.74 Å². The van der Waals surface area contributed by atoms with Gasteiger partial charge in [0.1, 0.15) is 11.5 Å². The van der Waals surface area contributed by atoms with Crippen LogP contribution in [0.2, 0.25) is 0 Å². The normalized spacial score (nSPS) is 18.1. The fourth-order valence-electron chi connectivity index (χ4n) is 3.64. The highest BCUT2D eigenvalue weighted by Crippen LogP contribution is 2.40. The fraction of sp³-hybridized carbons (Fsp3) is 0.333. The summed E-state index contributed by atoms with van der Waals surface area (Å²) in [5.74, 6) is -0.828. The molecule has 1 N–H and O–H groups in total. The van der Waals surface area contributed by atoms with Gasteiger partial charge in [0, 0.05) is 25.8 Å². The highest BCUT2D eigenvalue weighted by molar-refractivity contribution is 6.46. The maximum Gasteiger partial charge on any atom is 0.295 e. The number of aryl methyl sites for hydroxylation is 1. The summed E-state index contributed by atoms with van der Waals surface area (Å²) in [6.07, 6.45) is 0.579. The standard InChI is InChI=1S/C24H27NO5/c1-4-30-19-8-5-7-18(15-19)21-20(22(26)17-11-9-16(2)10-12-17)23(27)24(28)25(21)13-6-14-29-3/h5,7-12,15,21,26H,4,6,13-14H2,1-3H3/b22-20+. The second-order valence-corrected chi connectivity index (χ2v) is 7.21. The molecule has 1 amide bonds. The van der Waals surface area contributed by atoms with Crippen molar-refractivity contribution < 1.29 is 24.2 Å². The van der Waals surface area contributed by atoms with Gasteiger partial charge in [0.2, 0.25) is 0 Å². The van der Waals surface area contributed by atoms with E-state index in [4.69, 9.17) is 9.47 Å². The van der Waals surface area contributed by atoms with E-state index in [1.165, 1.54) is 4.90 Å².